The molecule has 0 aromatic heterocycles. The van der Waals surface area contributed by atoms with Gasteiger partial charge < -0.3 is 0 Å². The molecule has 3 unspecified atom stereocenters. The minimum atomic E-state index is -0.668. The minimum Gasteiger partial charge on any atom is 0 e. The summed E-state index contributed by atoms with van der Waals surface area (Å²) in [5, 5.41) is 11.3. The van der Waals surface area contributed by atoms with E-state index in [0.29, 0.717) is 22.8 Å². The van der Waals surface area contributed by atoms with E-state index in [4.69, 9.17) is 5.26 Å². The Morgan fingerprint density at radius 1 is 0.745 bits per heavy atom. The van der Waals surface area contributed by atoms with Gasteiger partial charge in [0.05, 0.1) is 6.07 Å². The monoisotopic (exact) mass is 783 g/mol. The van der Waals surface area contributed by atoms with Crippen LogP contribution in [0, 0.1) is 34.9 Å². The maximum absolute atomic E-state index is 13.7. The fraction of sp³-hybridized carbons (Fsp3) is 0.513. The van der Waals surface area contributed by atoms with Crippen molar-refractivity contribution in [3.63, 3.8) is 0 Å². The molecule has 0 radical (unpaired) electrons. The zero-order chi connectivity index (χ0) is 34.3. The number of hydrogen-bond acceptors (Lipinski definition) is 1. The molecule has 0 N–H and O–H groups in total. The van der Waals surface area contributed by atoms with E-state index in [2.05, 4.69) is 79.3 Å². The first-order valence-corrected chi connectivity index (χ1v) is 20.6. The Balaban J connectivity index is 0.000000566. The fourth-order valence-corrected chi connectivity index (χ4v) is 15.9. The molecule has 0 spiro atoms. The Morgan fingerprint density at radius 3 is 1.49 bits per heavy atom. The molecule has 0 saturated heterocycles. The first-order valence-electron chi connectivity index (χ1n) is 16.4. The smallest absolute Gasteiger partial charge is 0 e. The van der Waals surface area contributed by atoms with Gasteiger partial charge in [-0.25, -0.2) is 8.78 Å². The Labute approximate surface area is 310 Å². The first kappa shape index (κ1) is 44.2. The van der Waals surface area contributed by atoms with Crippen LogP contribution >= 0.6 is 26.0 Å². The summed E-state index contributed by atoms with van der Waals surface area (Å²) in [6, 6.07) is 25.9. The van der Waals surface area contributed by atoms with Crippen molar-refractivity contribution >= 4 is 36.6 Å². The van der Waals surface area contributed by atoms with Gasteiger partial charge in [-0.1, -0.05) is 125 Å². The summed E-state index contributed by atoms with van der Waals surface area (Å²) in [6.45, 7) is 17.0. The topological polar surface area (TPSA) is 23.8 Å². The van der Waals surface area contributed by atoms with E-state index < -0.39 is 7.92 Å². The van der Waals surface area contributed by atoms with Crippen LogP contribution in [-0.4, -0.2) is 21.6 Å². The maximum atomic E-state index is 13.7. The molecule has 0 bridgehead atoms. The summed E-state index contributed by atoms with van der Waals surface area (Å²) in [6.07, 6.45) is 11.2. The van der Waals surface area contributed by atoms with Gasteiger partial charge in [-0.05, 0) is 83.2 Å². The van der Waals surface area contributed by atoms with Crippen molar-refractivity contribution in [3.05, 3.63) is 96.1 Å². The average Bonchev–Trinajstić information content (AvgIpc) is 3.76. The minimum absolute atomic E-state index is 0. The number of nitrogens with zero attached hydrogens (tertiary/aromatic N) is 1. The maximum Gasteiger partial charge on any atom is 0 e. The van der Waals surface area contributed by atoms with Crippen LogP contribution < -0.4 is 10.6 Å². The molecule has 5 rings (SSSR count). The van der Waals surface area contributed by atoms with Crippen LogP contribution in [0.4, 0.5) is 8.78 Å². The van der Waals surface area contributed by atoms with Gasteiger partial charge in [-0.15, -0.1) is 0 Å². The summed E-state index contributed by atoms with van der Waals surface area (Å²) < 4.78 is 27.4. The molecular weight excluding hydrogens is 732 g/mol. The zero-order valence-electron chi connectivity index (χ0n) is 29.0. The zero-order valence-corrected chi connectivity index (χ0v) is 33.6. The van der Waals surface area contributed by atoms with E-state index >= 15 is 0 Å². The Morgan fingerprint density at radius 2 is 1.15 bits per heavy atom. The quantitative estimate of drug-likeness (QED) is 0.144. The van der Waals surface area contributed by atoms with Gasteiger partial charge in [-0.2, -0.15) is 35.6 Å². The molecule has 2 aliphatic rings. The molecule has 0 aliphatic heterocycles. The molecule has 2 saturated carbocycles. The molecule has 3 aromatic rings. The third-order valence-electron chi connectivity index (χ3n) is 8.64. The molecule has 3 atom stereocenters. The van der Waals surface area contributed by atoms with Crippen LogP contribution in [0.25, 0.3) is 0 Å². The van der Waals surface area contributed by atoms with Crippen LogP contribution in [0.5, 0.6) is 0 Å². The molecule has 0 heterocycles. The second kappa shape index (κ2) is 22.1. The molecule has 0 amide bonds. The van der Waals surface area contributed by atoms with Crippen molar-refractivity contribution < 1.29 is 40.4 Å². The van der Waals surface area contributed by atoms with Crippen molar-refractivity contribution in [1.29, 1.82) is 5.26 Å². The third kappa shape index (κ3) is 14.5. The van der Waals surface area contributed by atoms with Crippen molar-refractivity contribution in [2.45, 2.75) is 121 Å². The fourth-order valence-electron chi connectivity index (χ4n) is 7.35. The molecule has 47 heavy (non-hydrogen) atoms. The van der Waals surface area contributed by atoms with Crippen LogP contribution in [0.15, 0.2) is 72.8 Å². The van der Waals surface area contributed by atoms with Gasteiger partial charge in [-0.3, -0.25) is 0 Å². The number of nitriles is 1. The van der Waals surface area contributed by atoms with Crippen molar-refractivity contribution in [3.8, 4) is 6.07 Å². The van der Waals surface area contributed by atoms with E-state index in [1.165, 1.54) is 62.0 Å². The van der Waals surface area contributed by atoms with Crippen molar-refractivity contribution in [2.24, 2.45) is 5.92 Å². The van der Waals surface area contributed by atoms with Crippen LogP contribution in [0.3, 0.4) is 0 Å². The van der Waals surface area contributed by atoms with E-state index in [0.717, 1.165) is 0 Å². The summed E-state index contributed by atoms with van der Waals surface area (Å²) >= 11 is 3.35. The first-order chi connectivity index (χ1) is 21.8. The van der Waals surface area contributed by atoms with Crippen molar-refractivity contribution in [1.82, 2.24) is 0 Å². The van der Waals surface area contributed by atoms with Gasteiger partial charge >= 0.3 is 24.8 Å². The number of hydrogen-bond donors (Lipinski definition) is 0. The van der Waals surface area contributed by atoms with Gasteiger partial charge in [0.25, 0.3) is 0 Å². The Bertz CT molecular complexity index is 1240. The molecule has 2 aliphatic carbocycles. The Hall–Kier alpha value is -0.827. The molecule has 263 valence electrons. The average molecular weight is 785 g/mol. The molecule has 3 aromatic carbocycles. The normalized spacial score (nSPS) is 18.0. The summed E-state index contributed by atoms with van der Waals surface area (Å²) in [5.41, 5.74) is 1.88. The van der Waals surface area contributed by atoms with Gasteiger partial charge in [0.15, 0.2) is 0 Å². The van der Waals surface area contributed by atoms with Crippen LogP contribution in [0.1, 0.15) is 105 Å². The summed E-state index contributed by atoms with van der Waals surface area (Å²) in [4.78, 5) is 0. The number of benzene rings is 3. The van der Waals surface area contributed by atoms with Gasteiger partial charge in [0.2, 0.25) is 0 Å². The van der Waals surface area contributed by atoms with Crippen molar-refractivity contribution in [2.75, 3.05) is 0 Å². The van der Waals surface area contributed by atoms with Gasteiger partial charge in [0.1, 0.15) is 11.6 Å². The molecule has 1 nitrogen and oxygen atoms in total. The second-order valence-electron chi connectivity index (χ2n) is 14.1. The second-order valence-corrected chi connectivity index (χ2v) is 20.8. The predicted molar refractivity (Wildman–Crippen MR) is 195 cm³/mol. The van der Waals surface area contributed by atoms with Crippen LogP contribution in [-0.2, 0) is 31.6 Å². The molecular formula is C39H52ClF2FeNNiP2-. The largest absolute Gasteiger partial charge is 0 e. The number of halogens is 3. The van der Waals surface area contributed by atoms with E-state index in [1.807, 2.05) is 30.3 Å². The SMILES string of the molecule is C1CCCC1.CC(C1CCCC1P(c1ccc(F)cc1)c1ccc(F)cc1)P(C(C)(C)C)C(C)(C)C.N#Cc1cc[c-]cc1.[Cl][Ni].[Fe]. The summed E-state index contributed by atoms with van der Waals surface area (Å²) in [7, 11) is 3.37. The Kier molecular flexibility index (Phi) is 20.8. The number of rotatable bonds is 5. The summed E-state index contributed by atoms with van der Waals surface area (Å²) in [5.74, 6) is 0.252. The van der Waals surface area contributed by atoms with Crippen LogP contribution in [0.2, 0.25) is 0 Å². The molecule has 2 fully saturated rings. The van der Waals surface area contributed by atoms with Gasteiger partial charge in [0, 0.05) is 17.1 Å². The van der Waals surface area contributed by atoms with E-state index in [9.17, 15) is 8.78 Å². The third-order valence-corrected chi connectivity index (χ3v) is 15.7. The molecule has 8 heteroatoms. The van der Waals surface area contributed by atoms with E-state index in [1.54, 1.807) is 48.5 Å². The predicted octanol–water partition coefficient (Wildman–Crippen LogP) is 12.0. The van der Waals surface area contributed by atoms with E-state index in [-0.39, 0.29) is 46.9 Å². The standard InChI is InChI=1S/C27H38F2P2.C7H4N.C5H10.ClH.Fe.Ni/c1-19(31(26(2,3)4)27(5,6)7)24-9-8-10-25(24)30(22-15-11-20(28)12-16-22)23-17-13-21(29)14-18-23;8-6-7-4-2-1-3-5-7;1-2-4-5-3-1;;;/h11-19,24-25H,8-10H2,1-7H3;2-5H;1-5H2;1H;;/q;-1;;;;+1/p-1.